The Labute approximate surface area is 243 Å². The number of alkyl halides is 3. The fourth-order valence-corrected chi connectivity index (χ4v) is 3.82. The summed E-state index contributed by atoms with van der Waals surface area (Å²) in [6.07, 6.45) is -3.33. The lowest BCUT2D eigenvalue weighted by atomic mass is 10.0. The van der Waals surface area contributed by atoms with E-state index in [9.17, 15) is 22.4 Å². The summed E-state index contributed by atoms with van der Waals surface area (Å²) in [5, 5.41) is 7.70. The Kier molecular flexibility index (Phi) is 11.2. The van der Waals surface area contributed by atoms with Gasteiger partial charge in [0.2, 0.25) is 0 Å². The first kappa shape index (κ1) is 32.6. The molecule has 0 unspecified atom stereocenters. The second kappa shape index (κ2) is 14.8. The molecule has 43 heavy (non-hydrogen) atoms. The third-order valence-corrected chi connectivity index (χ3v) is 5.82. The molecule has 0 heterocycles. The topological polar surface area (TPSA) is 87.9 Å². The van der Waals surface area contributed by atoms with Crippen molar-refractivity contribution >= 4 is 23.0 Å². The molecule has 0 saturated carbocycles. The van der Waals surface area contributed by atoms with Crippen LogP contribution in [0.5, 0.6) is 5.75 Å². The molecule has 3 aromatic carbocycles. The number of ether oxygens (including phenoxy) is 3. The summed E-state index contributed by atoms with van der Waals surface area (Å²) in [4.78, 5) is 22.5. The lowest BCUT2D eigenvalue weighted by Crippen LogP contribution is -2.16. The van der Waals surface area contributed by atoms with Crippen LogP contribution in [-0.2, 0) is 43.3 Å². The molecule has 0 bridgehead atoms. The number of nitrogens with zero attached hydrogens (tertiary/aromatic N) is 2. The number of carbonyl (C=O) groups excluding carboxylic acids is 1. The van der Waals surface area contributed by atoms with E-state index in [1.165, 1.54) is 46.6 Å². The van der Waals surface area contributed by atoms with E-state index in [4.69, 9.17) is 23.9 Å². The summed E-state index contributed by atoms with van der Waals surface area (Å²) in [5.74, 6) is -3.13. The number of halogens is 5. The average molecular weight is 607 g/mol. The maximum absolute atomic E-state index is 15.1. The van der Waals surface area contributed by atoms with Gasteiger partial charge >= 0.3 is 12.1 Å². The largest absolute Gasteiger partial charge is 0.503 e. The monoisotopic (exact) mass is 606 g/mol. The van der Waals surface area contributed by atoms with E-state index >= 15 is 4.39 Å². The molecule has 228 valence electrons. The van der Waals surface area contributed by atoms with Crippen molar-refractivity contribution in [2.75, 3.05) is 21.3 Å². The van der Waals surface area contributed by atoms with Gasteiger partial charge < -0.3 is 23.9 Å². The lowest BCUT2D eigenvalue weighted by Gasteiger charge is -2.13. The summed E-state index contributed by atoms with van der Waals surface area (Å²) in [6, 6.07) is 12.6. The van der Waals surface area contributed by atoms with E-state index in [-0.39, 0.29) is 34.7 Å². The highest BCUT2D eigenvalue weighted by atomic mass is 19.4. The predicted octanol–water partition coefficient (Wildman–Crippen LogP) is 6.67. The molecule has 13 heteroatoms. The summed E-state index contributed by atoms with van der Waals surface area (Å²) in [6.45, 7) is 0.848. The third kappa shape index (κ3) is 8.53. The highest BCUT2D eigenvalue weighted by Crippen LogP contribution is 2.30. The minimum Gasteiger partial charge on any atom is -0.503 e. The van der Waals surface area contributed by atoms with Crippen LogP contribution < -0.4 is 4.74 Å². The van der Waals surface area contributed by atoms with Crippen LogP contribution in [0.15, 0.2) is 77.2 Å². The van der Waals surface area contributed by atoms with Crippen molar-refractivity contribution in [3.05, 3.63) is 106 Å². The van der Waals surface area contributed by atoms with Crippen molar-refractivity contribution in [2.45, 2.75) is 26.3 Å². The summed E-state index contributed by atoms with van der Waals surface area (Å²) >= 11 is 0. The fourth-order valence-electron chi connectivity index (χ4n) is 3.82. The number of hydrogen-bond acceptors (Lipinski definition) is 8. The Bertz CT molecular complexity index is 1540. The van der Waals surface area contributed by atoms with E-state index in [0.717, 1.165) is 24.3 Å². The zero-order chi connectivity index (χ0) is 31.6. The van der Waals surface area contributed by atoms with Crippen molar-refractivity contribution in [1.82, 2.24) is 0 Å². The third-order valence-electron chi connectivity index (χ3n) is 5.82. The van der Waals surface area contributed by atoms with Crippen LogP contribution in [0.25, 0.3) is 5.57 Å². The first-order chi connectivity index (χ1) is 20.5. The highest BCUT2D eigenvalue weighted by Gasteiger charge is 2.30. The number of methoxy groups -OCH3 is 2. The van der Waals surface area contributed by atoms with Gasteiger partial charge in [-0.3, -0.25) is 0 Å². The van der Waals surface area contributed by atoms with Crippen LogP contribution in [0.4, 0.5) is 22.0 Å². The minimum absolute atomic E-state index is 0.0101. The van der Waals surface area contributed by atoms with Gasteiger partial charge in [0, 0.05) is 17.2 Å². The average Bonchev–Trinajstić information content (AvgIpc) is 2.98. The van der Waals surface area contributed by atoms with E-state index < -0.39 is 41.7 Å². The van der Waals surface area contributed by atoms with Crippen LogP contribution in [-0.4, -0.2) is 38.7 Å². The van der Waals surface area contributed by atoms with Gasteiger partial charge in [-0.1, -0.05) is 46.7 Å². The quantitative estimate of drug-likeness (QED) is 0.0572. The molecular weight excluding hydrogens is 579 g/mol. The van der Waals surface area contributed by atoms with E-state index in [2.05, 4.69) is 10.3 Å². The molecule has 0 aliphatic carbocycles. The molecule has 0 aliphatic heterocycles. The number of carbonyl (C=O) groups is 1. The Morgan fingerprint density at radius 1 is 0.884 bits per heavy atom. The van der Waals surface area contributed by atoms with Crippen molar-refractivity contribution < 1.29 is 50.6 Å². The van der Waals surface area contributed by atoms with Crippen LogP contribution in [0.2, 0.25) is 0 Å². The normalized spacial score (nSPS) is 12.5. The zero-order valence-electron chi connectivity index (χ0n) is 23.5. The first-order valence-corrected chi connectivity index (χ1v) is 12.5. The number of oxime groups is 2. The molecule has 0 spiro atoms. The molecule has 3 rings (SSSR count). The molecule has 0 aromatic heterocycles. The smallest absolute Gasteiger partial charge is 0.416 e. The first-order valence-electron chi connectivity index (χ1n) is 12.5. The van der Waals surface area contributed by atoms with Crippen molar-refractivity contribution in [2.24, 2.45) is 10.3 Å². The molecular formula is C30H27F5N2O6. The molecule has 0 fully saturated rings. The van der Waals surface area contributed by atoms with E-state index in [0.29, 0.717) is 11.1 Å². The fraction of sp³-hybridized carbons (Fsp3) is 0.233. The molecule has 0 radical (unpaired) electrons. The number of benzene rings is 3. The zero-order valence-corrected chi connectivity index (χ0v) is 23.5. The number of hydrogen-bond donors (Lipinski definition) is 0. The molecule has 0 aliphatic rings. The molecule has 3 aromatic rings. The Morgan fingerprint density at radius 2 is 1.63 bits per heavy atom. The van der Waals surface area contributed by atoms with Crippen LogP contribution in [0.3, 0.4) is 0 Å². The van der Waals surface area contributed by atoms with Gasteiger partial charge in [-0.2, -0.15) is 13.2 Å². The molecule has 0 atom stereocenters. The van der Waals surface area contributed by atoms with Crippen molar-refractivity contribution in [1.29, 1.82) is 0 Å². The second-order valence-corrected chi connectivity index (χ2v) is 8.74. The van der Waals surface area contributed by atoms with Crippen LogP contribution in [0, 0.1) is 11.6 Å². The molecule has 8 nitrogen and oxygen atoms in total. The van der Waals surface area contributed by atoms with Gasteiger partial charge in [0.05, 0.1) is 26.0 Å². The minimum atomic E-state index is -4.56. The lowest BCUT2D eigenvalue weighted by molar-refractivity contribution is -0.137. The molecule has 0 saturated heterocycles. The SMILES string of the molecule is COC=C(C(=O)OC)c1ccccc1CON=C(C)C(=NOC)c1cc(F)c(OCc2cccc(C(F)(F)F)c2)cc1F. The standard InChI is InChI=1S/C30H27F5N2O6/c1-18(36-43-16-20-9-5-6-11-22(20)24(17-39-2)29(38)40-3)28(37-41-4)23-13-26(32)27(14-25(23)31)42-15-19-8-7-10-21(12-19)30(33,34)35/h5-14,17H,15-16H2,1-4H3. The van der Waals surface area contributed by atoms with Crippen LogP contribution in [0.1, 0.15) is 34.7 Å². The van der Waals surface area contributed by atoms with Crippen molar-refractivity contribution in [3.8, 4) is 5.75 Å². The Balaban J connectivity index is 1.80. The number of rotatable bonds is 12. The van der Waals surface area contributed by atoms with Gasteiger partial charge in [0.15, 0.2) is 11.6 Å². The summed E-state index contributed by atoms with van der Waals surface area (Å²) in [7, 11) is 3.80. The maximum Gasteiger partial charge on any atom is 0.416 e. The van der Waals surface area contributed by atoms with E-state index in [1.54, 1.807) is 24.3 Å². The molecule has 0 N–H and O–H groups in total. The summed E-state index contributed by atoms with van der Waals surface area (Å²) < 4.78 is 84.0. The second-order valence-electron chi connectivity index (χ2n) is 8.74. The molecule has 0 amide bonds. The number of esters is 1. The van der Waals surface area contributed by atoms with Gasteiger partial charge in [-0.05, 0) is 36.2 Å². The Morgan fingerprint density at radius 3 is 2.30 bits per heavy atom. The van der Waals surface area contributed by atoms with Crippen molar-refractivity contribution in [3.63, 3.8) is 0 Å². The summed E-state index contributed by atoms with van der Waals surface area (Å²) in [5.41, 5.74) is -0.181. The van der Waals surface area contributed by atoms with E-state index in [1.807, 2.05) is 0 Å². The Hall–Kier alpha value is -4.94. The van der Waals surface area contributed by atoms with Gasteiger partial charge in [0.1, 0.15) is 43.1 Å². The van der Waals surface area contributed by atoms with Gasteiger partial charge in [-0.25, -0.2) is 13.6 Å². The maximum atomic E-state index is 15.1. The van der Waals surface area contributed by atoms with Crippen LogP contribution >= 0.6 is 0 Å². The predicted molar refractivity (Wildman–Crippen MR) is 147 cm³/mol. The van der Waals surface area contributed by atoms with Gasteiger partial charge in [0.25, 0.3) is 0 Å². The highest BCUT2D eigenvalue weighted by molar-refractivity contribution is 6.47. The van der Waals surface area contributed by atoms with Gasteiger partial charge in [-0.15, -0.1) is 0 Å².